The molecule has 2 N–H and O–H groups in total. The number of rotatable bonds is 5. The van der Waals surface area contributed by atoms with Crippen LogP contribution in [0.4, 0.5) is 9.18 Å². The number of benzene rings is 3. The Balaban J connectivity index is 1.50. The van der Waals surface area contributed by atoms with E-state index >= 15 is 0 Å². The van der Waals surface area contributed by atoms with Crippen LogP contribution in [0.25, 0.3) is 10.8 Å². The summed E-state index contributed by atoms with van der Waals surface area (Å²) in [5, 5.41) is 7.32. The maximum atomic E-state index is 13.8. The lowest BCUT2D eigenvalue weighted by atomic mass is 9.90. The lowest BCUT2D eigenvalue weighted by Crippen LogP contribution is -2.43. The van der Waals surface area contributed by atoms with Gasteiger partial charge in [0.1, 0.15) is 17.9 Å². The summed E-state index contributed by atoms with van der Waals surface area (Å²) in [6.45, 7) is 2.72. The molecule has 0 bridgehead atoms. The fraction of sp³-hybridized carbons (Fsp3) is 0.208. The van der Waals surface area contributed by atoms with Gasteiger partial charge in [-0.1, -0.05) is 59.6 Å². The Morgan fingerprint density at radius 3 is 2.52 bits per heavy atom. The topological polar surface area (TPSA) is 78.5 Å². The molecule has 170 valence electrons. The molecule has 0 radical (unpaired) electrons. The molecule has 33 heavy (non-hydrogen) atoms. The van der Waals surface area contributed by atoms with E-state index in [1.165, 1.54) is 6.07 Å². The van der Waals surface area contributed by atoms with Crippen LogP contribution in [0.1, 0.15) is 31.0 Å². The smallest absolute Gasteiger partial charge is 0.325 e. The van der Waals surface area contributed by atoms with E-state index < -0.39 is 41.8 Å². The van der Waals surface area contributed by atoms with Gasteiger partial charge in [0, 0.05) is 5.02 Å². The molecule has 4 amide bonds. The number of amides is 4. The quantitative estimate of drug-likeness (QED) is 0.395. The first-order valence-electron chi connectivity index (χ1n) is 10.2. The van der Waals surface area contributed by atoms with Gasteiger partial charge in [0.25, 0.3) is 5.91 Å². The Bertz CT molecular complexity index is 1300. The van der Waals surface area contributed by atoms with Crippen LogP contribution >= 0.6 is 23.2 Å². The maximum Gasteiger partial charge on any atom is 0.325 e. The zero-order valence-corrected chi connectivity index (χ0v) is 19.3. The fourth-order valence-corrected chi connectivity index (χ4v) is 4.46. The monoisotopic (exact) mass is 487 g/mol. The number of halogens is 3. The minimum atomic E-state index is -1.31. The van der Waals surface area contributed by atoms with E-state index in [2.05, 4.69) is 10.6 Å². The van der Waals surface area contributed by atoms with E-state index in [1.54, 1.807) is 19.9 Å². The predicted octanol–water partition coefficient (Wildman–Crippen LogP) is 4.93. The Labute approximate surface area is 199 Å². The van der Waals surface area contributed by atoms with Gasteiger partial charge in [-0.15, -0.1) is 0 Å². The molecular weight excluding hydrogens is 468 g/mol. The van der Waals surface area contributed by atoms with E-state index in [4.69, 9.17) is 23.2 Å². The van der Waals surface area contributed by atoms with Crippen molar-refractivity contribution in [2.24, 2.45) is 0 Å². The van der Waals surface area contributed by atoms with Crippen molar-refractivity contribution in [3.8, 4) is 0 Å². The molecule has 1 aliphatic rings. The average molecular weight is 488 g/mol. The molecule has 1 heterocycles. The van der Waals surface area contributed by atoms with E-state index in [0.717, 1.165) is 21.7 Å². The summed E-state index contributed by atoms with van der Waals surface area (Å²) in [6.07, 6.45) is 0. The SMILES string of the molecule is CC(NC(=O)CN1C(=O)NC(C)(c2ccc3ccccc3c2)C1=O)c1cc(F)c(Cl)cc1Cl. The van der Waals surface area contributed by atoms with E-state index in [-0.39, 0.29) is 10.0 Å². The van der Waals surface area contributed by atoms with Gasteiger partial charge in [-0.05, 0) is 53.9 Å². The zero-order chi connectivity index (χ0) is 23.9. The van der Waals surface area contributed by atoms with Crippen LogP contribution in [-0.4, -0.2) is 29.3 Å². The van der Waals surface area contributed by atoms with Crippen molar-refractivity contribution in [1.29, 1.82) is 0 Å². The third kappa shape index (κ3) is 4.26. The number of carbonyl (C=O) groups is 3. The van der Waals surface area contributed by atoms with Crippen molar-refractivity contribution in [3.63, 3.8) is 0 Å². The molecule has 0 spiro atoms. The molecule has 3 aromatic carbocycles. The minimum absolute atomic E-state index is 0.130. The lowest BCUT2D eigenvalue weighted by Gasteiger charge is -2.23. The van der Waals surface area contributed by atoms with Gasteiger partial charge in [-0.3, -0.25) is 14.5 Å². The average Bonchev–Trinajstić information content (AvgIpc) is 2.99. The van der Waals surface area contributed by atoms with Gasteiger partial charge >= 0.3 is 6.03 Å². The van der Waals surface area contributed by atoms with Crippen molar-refractivity contribution in [3.05, 3.63) is 81.6 Å². The van der Waals surface area contributed by atoms with Crippen molar-refractivity contribution < 1.29 is 18.8 Å². The standard InChI is InChI=1S/C24H20Cl2FN3O3/c1-13(17-10-20(27)19(26)11-18(17)25)28-21(31)12-30-22(32)24(2,29-23(30)33)16-8-7-14-5-3-4-6-15(14)9-16/h3-11,13H,12H2,1-2H3,(H,28,31)(H,29,33). The van der Waals surface area contributed by atoms with E-state index in [9.17, 15) is 18.8 Å². The van der Waals surface area contributed by atoms with Crippen LogP contribution in [0.5, 0.6) is 0 Å². The van der Waals surface area contributed by atoms with Crippen LogP contribution in [0.2, 0.25) is 10.0 Å². The number of nitrogens with zero attached hydrogens (tertiary/aromatic N) is 1. The van der Waals surface area contributed by atoms with Gasteiger partial charge in [-0.2, -0.15) is 0 Å². The first-order chi connectivity index (χ1) is 15.6. The van der Waals surface area contributed by atoms with Crippen LogP contribution in [0.3, 0.4) is 0 Å². The molecule has 1 saturated heterocycles. The second-order valence-electron chi connectivity index (χ2n) is 8.09. The third-order valence-corrected chi connectivity index (χ3v) is 6.40. The summed E-state index contributed by atoms with van der Waals surface area (Å²) in [5.41, 5.74) is -0.375. The molecule has 2 atom stereocenters. The number of nitrogens with one attached hydrogen (secondary N) is 2. The summed E-state index contributed by atoms with van der Waals surface area (Å²) >= 11 is 11.8. The molecule has 6 nitrogen and oxygen atoms in total. The van der Waals surface area contributed by atoms with Gasteiger partial charge in [0.2, 0.25) is 5.91 Å². The number of carbonyl (C=O) groups excluding carboxylic acids is 3. The van der Waals surface area contributed by atoms with Crippen molar-refractivity contribution in [2.45, 2.75) is 25.4 Å². The second kappa shape index (κ2) is 8.65. The number of urea groups is 1. The largest absolute Gasteiger partial charge is 0.348 e. The van der Waals surface area contributed by atoms with Crippen LogP contribution in [0.15, 0.2) is 54.6 Å². The summed E-state index contributed by atoms with van der Waals surface area (Å²) in [7, 11) is 0. The summed E-state index contributed by atoms with van der Waals surface area (Å²) in [5.74, 6) is -1.81. The molecule has 1 fully saturated rings. The van der Waals surface area contributed by atoms with Crippen LogP contribution in [0, 0.1) is 5.82 Å². The fourth-order valence-electron chi connectivity index (χ4n) is 3.91. The summed E-state index contributed by atoms with van der Waals surface area (Å²) < 4.78 is 13.8. The number of hydrogen-bond acceptors (Lipinski definition) is 3. The summed E-state index contributed by atoms with van der Waals surface area (Å²) in [4.78, 5) is 39.2. The Kier molecular flexibility index (Phi) is 6.03. The highest BCUT2D eigenvalue weighted by atomic mass is 35.5. The van der Waals surface area contributed by atoms with E-state index in [1.807, 2.05) is 36.4 Å². The van der Waals surface area contributed by atoms with Crippen molar-refractivity contribution in [1.82, 2.24) is 15.5 Å². The van der Waals surface area contributed by atoms with E-state index in [0.29, 0.717) is 11.1 Å². The lowest BCUT2D eigenvalue weighted by molar-refractivity contribution is -0.135. The minimum Gasteiger partial charge on any atom is -0.348 e. The molecular formula is C24H20Cl2FN3O3. The highest BCUT2D eigenvalue weighted by Crippen LogP contribution is 2.31. The molecule has 4 rings (SSSR count). The molecule has 9 heteroatoms. The Hall–Kier alpha value is -3.16. The molecule has 3 aromatic rings. The van der Waals surface area contributed by atoms with Crippen LogP contribution < -0.4 is 10.6 Å². The van der Waals surface area contributed by atoms with Gasteiger partial charge in [-0.25, -0.2) is 9.18 Å². The molecule has 2 unspecified atom stereocenters. The predicted molar refractivity (Wildman–Crippen MR) is 125 cm³/mol. The summed E-state index contributed by atoms with van der Waals surface area (Å²) in [6, 6.07) is 14.2. The van der Waals surface area contributed by atoms with Crippen molar-refractivity contribution in [2.75, 3.05) is 6.54 Å². The molecule has 1 aliphatic heterocycles. The number of imide groups is 1. The second-order valence-corrected chi connectivity index (χ2v) is 8.90. The number of hydrogen-bond donors (Lipinski definition) is 2. The van der Waals surface area contributed by atoms with Crippen molar-refractivity contribution >= 4 is 51.8 Å². The Morgan fingerprint density at radius 1 is 1.09 bits per heavy atom. The Morgan fingerprint density at radius 2 is 1.79 bits per heavy atom. The van der Waals surface area contributed by atoms with Gasteiger partial charge < -0.3 is 10.6 Å². The highest BCUT2D eigenvalue weighted by molar-refractivity contribution is 6.35. The van der Waals surface area contributed by atoms with Crippen LogP contribution in [-0.2, 0) is 15.1 Å². The molecule has 0 saturated carbocycles. The first kappa shape index (κ1) is 23.0. The zero-order valence-electron chi connectivity index (χ0n) is 17.8. The number of fused-ring (bicyclic) bond motifs is 1. The normalized spacial score (nSPS) is 19.0. The molecule has 0 aliphatic carbocycles. The maximum absolute atomic E-state index is 13.8. The van der Waals surface area contributed by atoms with Gasteiger partial charge in [0.05, 0.1) is 11.1 Å². The molecule has 0 aromatic heterocycles. The third-order valence-electron chi connectivity index (χ3n) is 5.79. The highest BCUT2D eigenvalue weighted by Gasteiger charge is 2.49. The van der Waals surface area contributed by atoms with Gasteiger partial charge in [0.15, 0.2) is 0 Å². The first-order valence-corrected chi connectivity index (χ1v) is 10.9.